The number of H-pyrrole nitrogens is 1. The Morgan fingerprint density at radius 1 is 0.699 bits per heavy atom. The van der Waals surface area contributed by atoms with Crippen LogP contribution in [0.5, 0.6) is 0 Å². The van der Waals surface area contributed by atoms with E-state index in [4.69, 9.17) is 81.9 Å². The first-order chi connectivity index (χ1) is 60.0. The van der Waals surface area contributed by atoms with Gasteiger partial charge >= 0.3 is 6.09 Å². The third-order valence-electron chi connectivity index (χ3n) is 23.0. The molecular formula is C93H141N9O21. The van der Waals surface area contributed by atoms with Crippen molar-refractivity contribution < 1.29 is 100 Å². The number of aromatic amines is 1. The summed E-state index contributed by atoms with van der Waals surface area (Å²) in [7, 11) is 1.65. The first kappa shape index (κ1) is 101. The fraction of sp³-hybridized carbons (Fsp3) is 0.667. The molecule has 5 N–H and O–H groups in total. The third-order valence-corrected chi connectivity index (χ3v) is 23.0. The highest BCUT2D eigenvalue weighted by Gasteiger charge is 2.48. The highest BCUT2D eigenvalue weighted by Crippen LogP contribution is 2.38. The lowest BCUT2D eigenvalue weighted by molar-refractivity contribution is -0.259. The normalized spacial score (nSPS) is 19.5. The van der Waals surface area contributed by atoms with Gasteiger partial charge in [0.25, 0.3) is 12.3 Å². The number of nitrogens with zero attached hydrogens (tertiary/aromatic N) is 6. The first-order valence-corrected chi connectivity index (χ1v) is 44.7. The number of aldehydes is 1. The summed E-state index contributed by atoms with van der Waals surface area (Å²) in [6.07, 6.45) is 32.0. The number of aliphatic hydroxyl groups is 1. The van der Waals surface area contributed by atoms with Crippen LogP contribution < -0.4 is 11.1 Å². The zero-order valence-corrected chi connectivity index (χ0v) is 74.1. The standard InChI is InChI=1S/C93H141N9O21/c1-69(16-10-8-11-17-71(3)86(109-7)60-83-27-20-74(6)93(65-103,122-83)123-92(108)101-33-13-9-14-34-101)56-72(4)84(106)61-85(107)73(5)57-70(2)19-26-82(121-68-105)30-24-75-22-28-81(29-23-75)120-55-54-119-53-52-118-51-50-117-49-48-116-47-46-115-45-44-114-43-42-113-41-40-112-39-38-111-37-36-110-35-15-12-18-77-58-76(21-25-79(77)62-95-67-104)64-102-91-87(89(94)98-66-99-91)88(100-102)80-59-78-31-32-96-90(78)97-63-80/h8,10-11,16-17,21,25,31-32,57-59,63,65-70,72,74-75,81-83,85-86,107H,9,12-15,18-20,22-24,26-30,33-56,60-62,64H2,1-7H3,(H,95,104)(H,96,97)(H2,94,98,99)/b11-8+,16-10+,71-17+,73-57+/t69?,70?,72?,74-,75?,81?,82?,83?,85?,86?,93-/m1/s1. The van der Waals surface area contributed by atoms with Crippen LogP contribution in [0.2, 0.25) is 0 Å². The van der Waals surface area contributed by atoms with Gasteiger partial charge in [-0.25, -0.2) is 24.4 Å². The Balaban J connectivity index is 0.531. The molecule has 4 aromatic heterocycles. The van der Waals surface area contributed by atoms with Crippen LogP contribution in [0.15, 0.2) is 96.7 Å². The monoisotopic (exact) mass is 1720 g/mol. The van der Waals surface area contributed by atoms with E-state index in [0.717, 1.165) is 141 Å². The van der Waals surface area contributed by atoms with Crippen molar-refractivity contribution in [3.63, 3.8) is 0 Å². The van der Waals surface area contributed by atoms with Crippen molar-refractivity contribution in [1.29, 1.82) is 0 Å². The summed E-state index contributed by atoms with van der Waals surface area (Å²) in [5.41, 5.74) is 14.3. The van der Waals surface area contributed by atoms with Gasteiger partial charge in [-0.05, 0) is 181 Å². The van der Waals surface area contributed by atoms with Crippen LogP contribution in [0.25, 0.3) is 33.3 Å². The van der Waals surface area contributed by atoms with E-state index in [2.05, 4.69) is 63.4 Å². The van der Waals surface area contributed by atoms with Crippen molar-refractivity contribution in [3.8, 4) is 11.3 Å². The van der Waals surface area contributed by atoms with E-state index in [1.807, 2.05) is 81.1 Å². The second-order valence-electron chi connectivity index (χ2n) is 32.6. The van der Waals surface area contributed by atoms with Gasteiger partial charge in [0.15, 0.2) is 11.9 Å². The van der Waals surface area contributed by atoms with Crippen molar-refractivity contribution in [1.82, 2.24) is 39.9 Å². The number of ketones is 1. The lowest BCUT2D eigenvalue weighted by Crippen LogP contribution is -2.54. The number of benzene rings is 1. The molecule has 684 valence electrons. The number of fused-ring (bicyclic) bond motifs is 2. The number of piperidine rings is 1. The van der Waals surface area contributed by atoms with Gasteiger partial charge < -0.3 is 97.1 Å². The number of nitrogen functional groups attached to an aromatic ring is 1. The number of carbonyl (C=O) groups is 5. The summed E-state index contributed by atoms with van der Waals surface area (Å²) in [6.45, 7) is 24.6. The number of allylic oxidation sites excluding steroid dienone is 6. The molecule has 123 heavy (non-hydrogen) atoms. The van der Waals surface area contributed by atoms with E-state index in [-0.39, 0.29) is 60.3 Å². The molecule has 8 rings (SSSR count). The second kappa shape index (κ2) is 58.5. The Kier molecular flexibility index (Phi) is 47.8. The van der Waals surface area contributed by atoms with Crippen LogP contribution >= 0.6 is 0 Å². The summed E-state index contributed by atoms with van der Waals surface area (Å²) < 4.78 is 88.2. The van der Waals surface area contributed by atoms with Gasteiger partial charge in [0.1, 0.15) is 35.4 Å². The van der Waals surface area contributed by atoms with E-state index < -0.39 is 18.0 Å². The largest absolute Gasteiger partial charge is 0.465 e. The maximum Gasteiger partial charge on any atom is 0.412 e. The molecule has 6 heterocycles. The summed E-state index contributed by atoms with van der Waals surface area (Å²) in [6, 6.07) is 10.3. The predicted molar refractivity (Wildman–Crippen MR) is 468 cm³/mol. The minimum atomic E-state index is -1.62. The average Bonchev–Trinajstić information content (AvgIpc) is 1.57. The molecule has 3 fully saturated rings. The molecule has 5 aromatic rings. The van der Waals surface area contributed by atoms with Crippen LogP contribution in [-0.4, -0.2) is 266 Å². The third kappa shape index (κ3) is 37.0. The molecule has 2 saturated heterocycles. The van der Waals surface area contributed by atoms with Crippen molar-refractivity contribution in [2.24, 2.45) is 29.6 Å². The molecule has 30 heteroatoms. The fourth-order valence-electron chi connectivity index (χ4n) is 15.7. The molecular weight excluding hydrogens is 1580 g/mol. The van der Waals surface area contributed by atoms with Crippen LogP contribution in [0.1, 0.15) is 174 Å². The zero-order chi connectivity index (χ0) is 87.5. The lowest BCUT2D eigenvalue weighted by Gasteiger charge is -2.42. The van der Waals surface area contributed by atoms with Crippen molar-refractivity contribution >= 4 is 58.9 Å². The van der Waals surface area contributed by atoms with Gasteiger partial charge in [0, 0.05) is 81.4 Å². The average molecular weight is 1720 g/mol. The Morgan fingerprint density at radius 3 is 1.95 bits per heavy atom. The molecule has 30 nitrogen and oxygen atoms in total. The highest BCUT2D eigenvalue weighted by molar-refractivity contribution is 5.99. The van der Waals surface area contributed by atoms with Crippen LogP contribution in [0.4, 0.5) is 10.6 Å². The number of nitrogens with one attached hydrogen (secondary N) is 2. The number of ether oxygens (including phenoxy) is 15. The molecule has 0 radical (unpaired) electrons. The lowest BCUT2D eigenvalue weighted by atomic mass is 9.83. The SMILES string of the molecule is COC(CC1CC[C@@H](C)[C@@](C=O)(OC(=O)N2CCCCC2)O1)/C(C)=C/C=C/C=C/C(C)CC(C)C(=O)CC(O)/C(C)=C/C(C)CCC(CCC1CCC(OCCOCCOCCOCCOCCOCCOCCOCCOCCOCCOCCCCc2cc(Cn3nc(-c4cnc5[nH]ccc5c4)c4c(N)ncnc43)ccc2CNC=O)CC1)OC=O. The summed E-state index contributed by atoms with van der Waals surface area (Å²) in [5.74, 6) is -0.934. The first-order valence-electron chi connectivity index (χ1n) is 44.7. The van der Waals surface area contributed by atoms with E-state index in [9.17, 15) is 29.1 Å². The summed E-state index contributed by atoms with van der Waals surface area (Å²) in [4.78, 5) is 79.8. The second-order valence-corrected chi connectivity index (χ2v) is 32.6. The Morgan fingerprint density at radius 2 is 1.33 bits per heavy atom. The highest BCUT2D eigenvalue weighted by atomic mass is 16.7. The van der Waals surface area contributed by atoms with Gasteiger partial charge in [-0.15, -0.1) is 0 Å². The number of anilines is 1. The van der Waals surface area contributed by atoms with E-state index in [1.165, 1.54) is 6.33 Å². The minimum absolute atomic E-state index is 0.0238. The van der Waals surface area contributed by atoms with Crippen molar-refractivity contribution in [2.75, 3.05) is 165 Å². The summed E-state index contributed by atoms with van der Waals surface area (Å²) in [5, 5.41) is 20.5. The number of hydrogen-bond acceptors (Lipinski definition) is 26. The van der Waals surface area contributed by atoms with E-state index in [0.29, 0.717) is 232 Å². The number of pyridine rings is 1. The van der Waals surface area contributed by atoms with Gasteiger partial charge in [0.2, 0.25) is 6.41 Å². The molecule has 1 aliphatic carbocycles. The number of aromatic nitrogens is 6. The Bertz CT molecular complexity index is 3950. The molecule has 2 amide bonds. The fourth-order valence-corrected chi connectivity index (χ4v) is 15.7. The van der Waals surface area contributed by atoms with Crippen molar-refractivity contribution in [2.45, 2.75) is 213 Å². The predicted octanol–water partition coefficient (Wildman–Crippen LogP) is 12.8. The molecule has 9 atom stereocenters. The molecule has 1 saturated carbocycles. The maximum atomic E-state index is 13.3. The van der Waals surface area contributed by atoms with Crippen LogP contribution in [-0.2, 0) is 110 Å². The molecule has 0 bridgehead atoms. The van der Waals surface area contributed by atoms with Gasteiger partial charge in [-0.3, -0.25) is 19.2 Å². The molecule has 3 aliphatic rings. The van der Waals surface area contributed by atoms with Gasteiger partial charge in [-0.1, -0.05) is 82.4 Å². The Hall–Kier alpha value is -7.79. The maximum absolute atomic E-state index is 13.3. The number of aryl methyl sites for hydroxylation is 1. The molecule has 0 spiro atoms. The van der Waals surface area contributed by atoms with Crippen LogP contribution in [0, 0.1) is 29.6 Å². The number of hydrogen-bond donors (Lipinski definition) is 4. The topological polar surface area (TPSA) is 358 Å². The molecule has 7 unspecified atom stereocenters. The van der Waals surface area contributed by atoms with E-state index >= 15 is 0 Å². The van der Waals surface area contributed by atoms with Gasteiger partial charge in [0.05, 0.1) is 168 Å². The smallest absolute Gasteiger partial charge is 0.412 e. The summed E-state index contributed by atoms with van der Waals surface area (Å²) >= 11 is 0. The minimum Gasteiger partial charge on any atom is -0.465 e. The number of nitrogens with two attached hydrogens (primary N) is 1. The number of unbranched alkanes of at least 4 members (excludes halogenated alkanes) is 1. The zero-order valence-electron chi connectivity index (χ0n) is 74.1. The molecule has 1 aromatic carbocycles. The number of rotatable bonds is 66. The van der Waals surface area contributed by atoms with Crippen molar-refractivity contribution in [3.05, 3.63) is 113 Å². The number of aliphatic hydroxyl groups excluding tert-OH is 1. The molecule has 2 aliphatic heterocycles. The number of likely N-dealkylation sites (tertiary alicyclic amines) is 1. The number of methoxy groups -OCH3 is 1. The number of amides is 2. The quantitative estimate of drug-likeness (QED) is 0.0122. The Labute approximate surface area is 727 Å². The van der Waals surface area contributed by atoms with E-state index in [1.54, 1.807) is 18.2 Å². The van der Waals surface area contributed by atoms with Crippen LogP contribution in [0.3, 0.4) is 0 Å². The number of Topliss-reactive ketones (excluding diaryl/α,β-unsaturated/α-hetero) is 1. The van der Waals surface area contributed by atoms with Gasteiger partial charge in [-0.2, -0.15) is 5.10 Å². The number of carbonyl (C=O) groups excluding carboxylic acids is 5.